The van der Waals surface area contributed by atoms with Gasteiger partial charge >= 0.3 is 5.97 Å². The van der Waals surface area contributed by atoms with Crippen LogP contribution in [0.4, 0.5) is 5.69 Å². The maximum Gasteiger partial charge on any atom is 0.306 e. The fraction of sp³-hybridized carbons (Fsp3) is 0.429. The number of hydrogen-bond donors (Lipinski definition) is 1. The van der Waals surface area contributed by atoms with E-state index in [9.17, 15) is 9.59 Å². The van der Waals surface area contributed by atoms with Crippen LogP contribution in [0, 0.1) is 6.92 Å². The lowest BCUT2D eigenvalue weighted by molar-refractivity contribution is -0.142. The van der Waals surface area contributed by atoms with Gasteiger partial charge in [0.2, 0.25) is 5.91 Å². The Morgan fingerprint density at radius 2 is 2.15 bits per heavy atom. The molecule has 0 radical (unpaired) electrons. The van der Waals surface area contributed by atoms with Crippen molar-refractivity contribution in [2.45, 2.75) is 20.3 Å². The molecule has 0 unspecified atom stereocenters. The first-order valence-electron chi connectivity index (χ1n) is 6.32. The Hall–Kier alpha value is -1.20. The summed E-state index contributed by atoms with van der Waals surface area (Å²) in [6.07, 6.45) is 0.325. The van der Waals surface area contributed by atoms with Gasteiger partial charge in [0.25, 0.3) is 0 Å². The van der Waals surface area contributed by atoms with Gasteiger partial charge < -0.3 is 10.1 Å². The number of benzene rings is 1. The fourth-order valence-corrected chi connectivity index (χ4v) is 2.45. The molecule has 1 aromatic rings. The first-order chi connectivity index (χ1) is 9.52. The molecule has 110 valence electrons. The van der Waals surface area contributed by atoms with E-state index in [0.717, 1.165) is 11.3 Å². The predicted octanol–water partition coefficient (Wildman–Crippen LogP) is 3.27. The van der Waals surface area contributed by atoms with Crippen LogP contribution in [0.5, 0.6) is 0 Å². The molecule has 0 aliphatic carbocycles. The number of nitrogens with one attached hydrogen (secondary N) is 1. The molecule has 0 saturated heterocycles. The third kappa shape index (κ3) is 6.30. The number of ether oxygens (including phenoxy) is 1. The van der Waals surface area contributed by atoms with Crippen LogP contribution in [-0.4, -0.2) is 30.0 Å². The van der Waals surface area contributed by atoms with Crippen LogP contribution in [0.1, 0.15) is 18.9 Å². The minimum absolute atomic E-state index is 0.0933. The highest BCUT2D eigenvalue weighted by atomic mass is 35.5. The Balaban J connectivity index is 2.28. The highest BCUT2D eigenvalue weighted by molar-refractivity contribution is 7.99. The number of aryl methyl sites for hydroxylation is 1. The van der Waals surface area contributed by atoms with Crippen LogP contribution in [0.2, 0.25) is 5.02 Å². The van der Waals surface area contributed by atoms with Gasteiger partial charge in [-0.1, -0.05) is 11.6 Å². The molecule has 1 amide bonds. The number of anilines is 1. The van der Waals surface area contributed by atoms with Crippen LogP contribution in [-0.2, 0) is 14.3 Å². The summed E-state index contributed by atoms with van der Waals surface area (Å²) in [4.78, 5) is 22.8. The van der Waals surface area contributed by atoms with Crippen LogP contribution in [0.3, 0.4) is 0 Å². The molecule has 6 heteroatoms. The van der Waals surface area contributed by atoms with E-state index in [0.29, 0.717) is 29.6 Å². The van der Waals surface area contributed by atoms with Crippen LogP contribution >= 0.6 is 23.4 Å². The third-order valence-corrected chi connectivity index (χ3v) is 3.65. The van der Waals surface area contributed by atoms with Crippen molar-refractivity contribution >= 4 is 40.9 Å². The van der Waals surface area contributed by atoms with E-state index in [-0.39, 0.29) is 11.9 Å². The molecule has 0 heterocycles. The maximum atomic E-state index is 11.7. The first-order valence-corrected chi connectivity index (χ1v) is 7.85. The average molecular weight is 316 g/mol. The number of thioether (sulfide) groups is 1. The fourth-order valence-electron chi connectivity index (χ4n) is 1.51. The van der Waals surface area contributed by atoms with E-state index in [1.165, 1.54) is 11.8 Å². The predicted molar refractivity (Wildman–Crippen MR) is 83.4 cm³/mol. The zero-order valence-corrected chi connectivity index (χ0v) is 13.1. The lowest BCUT2D eigenvalue weighted by Gasteiger charge is -2.08. The highest BCUT2D eigenvalue weighted by Crippen LogP contribution is 2.19. The van der Waals surface area contributed by atoms with Crippen molar-refractivity contribution in [3.05, 3.63) is 28.8 Å². The largest absolute Gasteiger partial charge is 0.466 e. The average Bonchev–Trinajstić information content (AvgIpc) is 2.38. The number of carbonyl (C=O) groups is 2. The summed E-state index contributed by atoms with van der Waals surface area (Å²) in [6, 6.07) is 5.31. The second-order valence-electron chi connectivity index (χ2n) is 4.12. The normalized spacial score (nSPS) is 10.2. The Bertz CT molecular complexity index is 479. The van der Waals surface area contributed by atoms with Gasteiger partial charge in [0.05, 0.1) is 18.8 Å². The second kappa shape index (κ2) is 8.87. The number of carbonyl (C=O) groups excluding carboxylic acids is 2. The van der Waals surface area contributed by atoms with Crippen molar-refractivity contribution in [3.8, 4) is 0 Å². The zero-order chi connectivity index (χ0) is 15.0. The topological polar surface area (TPSA) is 55.4 Å². The molecular weight excluding hydrogens is 298 g/mol. The Kier molecular flexibility index (Phi) is 7.47. The van der Waals surface area contributed by atoms with Crippen molar-refractivity contribution in [3.63, 3.8) is 0 Å². The monoisotopic (exact) mass is 315 g/mol. The molecule has 0 aliphatic heterocycles. The molecule has 1 N–H and O–H groups in total. The standard InChI is InChI=1S/C14H18ClNO3S/c1-3-19-14(18)6-7-20-9-13(17)16-12-5-4-11(15)8-10(12)2/h4-5,8H,3,6-7,9H2,1-2H3,(H,16,17). The van der Waals surface area contributed by atoms with Crippen LogP contribution in [0.25, 0.3) is 0 Å². The van der Waals surface area contributed by atoms with Gasteiger partial charge in [0.1, 0.15) is 0 Å². The molecule has 4 nitrogen and oxygen atoms in total. The van der Waals surface area contributed by atoms with Gasteiger partial charge in [-0.15, -0.1) is 0 Å². The van der Waals surface area contributed by atoms with Gasteiger partial charge in [-0.3, -0.25) is 9.59 Å². The van der Waals surface area contributed by atoms with E-state index in [1.54, 1.807) is 25.1 Å². The van der Waals surface area contributed by atoms with Gasteiger partial charge in [-0.2, -0.15) is 11.8 Å². The molecule has 0 atom stereocenters. The summed E-state index contributed by atoms with van der Waals surface area (Å²) in [6.45, 7) is 4.04. The van der Waals surface area contributed by atoms with E-state index >= 15 is 0 Å². The minimum Gasteiger partial charge on any atom is -0.466 e. The molecule has 0 bridgehead atoms. The summed E-state index contributed by atoms with van der Waals surface area (Å²) >= 11 is 7.26. The molecule has 20 heavy (non-hydrogen) atoms. The summed E-state index contributed by atoms with van der Waals surface area (Å²) < 4.78 is 4.81. The van der Waals surface area contributed by atoms with Gasteiger partial charge in [-0.25, -0.2) is 0 Å². The molecule has 0 aromatic heterocycles. The van der Waals surface area contributed by atoms with E-state index < -0.39 is 0 Å². The highest BCUT2D eigenvalue weighted by Gasteiger charge is 2.07. The lowest BCUT2D eigenvalue weighted by atomic mass is 10.2. The van der Waals surface area contributed by atoms with Crippen LogP contribution < -0.4 is 5.32 Å². The van der Waals surface area contributed by atoms with Crippen molar-refractivity contribution in [1.82, 2.24) is 0 Å². The number of amides is 1. The number of rotatable bonds is 7. The molecule has 0 spiro atoms. The number of halogens is 1. The zero-order valence-electron chi connectivity index (χ0n) is 11.6. The summed E-state index contributed by atoms with van der Waals surface area (Å²) in [5.41, 5.74) is 1.67. The Morgan fingerprint density at radius 1 is 1.40 bits per heavy atom. The molecule has 1 rings (SSSR count). The van der Waals surface area contributed by atoms with Crippen molar-refractivity contribution < 1.29 is 14.3 Å². The van der Waals surface area contributed by atoms with Gasteiger partial charge in [0, 0.05) is 16.5 Å². The minimum atomic E-state index is -0.228. The summed E-state index contributed by atoms with van der Waals surface area (Å²) in [5.74, 6) is 0.561. The molecule has 1 aromatic carbocycles. The third-order valence-electron chi connectivity index (χ3n) is 2.45. The van der Waals surface area contributed by atoms with Crippen molar-refractivity contribution in [2.24, 2.45) is 0 Å². The van der Waals surface area contributed by atoms with Gasteiger partial charge in [-0.05, 0) is 37.6 Å². The number of esters is 1. The van der Waals surface area contributed by atoms with Crippen molar-refractivity contribution in [1.29, 1.82) is 0 Å². The quantitative estimate of drug-likeness (QED) is 0.620. The van der Waals surface area contributed by atoms with E-state index in [4.69, 9.17) is 16.3 Å². The SMILES string of the molecule is CCOC(=O)CCSCC(=O)Nc1ccc(Cl)cc1C. The molecular formula is C14H18ClNO3S. The first kappa shape index (κ1) is 16.9. The van der Waals surface area contributed by atoms with Crippen LogP contribution in [0.15, 0.2) is 18.2 Å². The van der Waals surface area contributed by atoms with E-state index in [2.05, 4.69) is 5.32 Å². The molecule has 0 saturated carbocycles. The smallest absolute Gasteiger partial charge is 0.306 e. The number of hydrogen-bond acceptors (Lipinski definition) is 4. The molecule has 0 aliphatic rings. The lowest BCUT2D eigenvalue weighted by Crippen LogP contribution is -2.15. The summed E-state index contributed by atoms with van der Waals surface area (Å²) in [5, 5.41) is 3.46. The maximum absolute atomic E-state index is 11.7. The Labute approximate surface area is 128 Å². The van der Waals surface area contributed by atoms with E-state index in [1.807, 2.05) is 6.92 Å². The Morgan fingerprint density at radius 3 is 2.80 bits per heavy atom. The van der Waals surface area contributed by atoms with Crippen molar-refractivity contribution in [2.75, 3.05) is 23.4 Å². The second-order valence-corrected chi connectivity index (χ2v) is 5.66. The van der Waals surface area contributed by atoms with Gasteiger partial charge in [0.15, 0.2) is 0 Å². The summed E-state index contributed by atoms with van der Waals surface area (Å²) in [7, 11) is 0. The molecule has 0 fully saturated rings.